The van der Waals surface area contributed by atoms with Crippen LogP contribution in [0.2, 0.25) is 0 Å². The van der Waals surface area contributed by atoms with E-state index in [-0.39, 0.29) is 11.2 Å². The average Bonchev–Trinajstić information content (AvgIpc) is 2.43. The topological polar surface area (TPSA) is 63.2 Å². The summed E-state index contributed by atoms with van der Waals surface area (Å²) >= 11 is 0. The van der Waals surface area contributed by atoms with E-state index in [9.17, 15) is 13.2 Å². The second-order valence-electron chi connectivity index (χ2n) is 7.54. The summed E-state index contributed by atoms with van der Waals surface area (Å²) in [6.07, 6.45) is 0. The van der Waals surface area contributed by atoms with Gasteiger partial charge in [0.2, 0.25) is 5.91 Å². The Hall–Kier alpha value is -1.36. The molecule has 4 nitrogen and oxygen atoms in total. The Kier molecular flexibility index (Phi) is 6.40. The van der Waals surface area contributed by atoms with Gasteiger partial charge in [-0.1, -0.05) is 58.9 Å². The van der Waals surface area contributed by atoms with Gasteiger partial charge in [-0.05, 0) is 29.4 Å². The van der Waals surface area contributed by atoms with Crippen LogP contribution in [-0.4, -0.2) is 26.1 Å². The first kappa shape index (κ1) is 19.7. The quantitative estimate of drug-likeness (QED) is 0.866. The molecule has 1 rings (SSSR count). The van der Waals surface area contributed by atoms with Crippen LogP contribution in [0.25, 0.3) is 0 Å². The van der Waals surface area contributed by atoms with Gasteiger partial charge in [0, 0.05) is 6.54 Å². The summed E-state index contributed by atoms with van der Waals surface area (Å²) in [6.45, 7) is 12.2. The molecular weight excluding hydrogens is 310 g/mol. The Bertz CT molecular complexity index is 625. The fourth-order valence-corrected chi connectivity index (χ4v) is 3.39. The van der Waals surface area contributed by atoms with E-state index in [0.717, 1.165) is 5.56 Å². The van der Waals surface area contributed by atoms with Crippen LogP contribution in [-0.2, 0) is 25.8 Å². The van der Waals surface area contributed by atoms with Crippen molar-refractivity contribution in [1.29, 1.82) is 0 Å². The lowest BCUT2D eigenvalue weighted by Crippen LogP contribution is -2.39. The van der Waals surface area contributed by atoms with Crippen LogP contribution in [0, 0.1) is 5.92 Å². The first-order chi connectivity index (χ1) is 10.4. The molecule has 0 bridgehead atoms. The Morgan fingerprint density at radius 1 is 1.09 bits per heavy atom. The van der Waals surface area contributed by atoms with Crippen molar-refractivity contribution in [1.82, 2.24) is 5.32 Å². The Morgan fingerprint density at radius 2 is 1.61 bits per heavy atom. The van der Waals surface area contributed by atoms with Crippen molar-refractivity contribution < 1.29 is 13.2 Å². The molecule has 1 atom stereocenters. The molecule has 0 aliphatic heterocycles. The van der Waals surface area contributed by atoms with E-state index >= 15 is 0 Å². The van der Waals surface area contributed by atoms with E-state index in [1.807, 2.05) is 38.1 Å². The highest BCUT2D eigenvalue weighted by Gasteiger charge is 2.28. The number of carbonyl (C=O) groups is 1. The molecule has 1 aromatic carbocycles. The van der Waals surface area contributed by atoms with E-state index < -0.39 is 21.0 Å². The molecule has 23 heavy (non-hydrogen) atoms. The van der Waals surface area contributed by atoms with Crippen LogP contribution in [0.3, 0.4) is 0 Å². The van der Waals surface area contributed by atoms with E-state index in [1.54, 1.807) is 0 Å². The van der Waals surface area contributed by atoms with E-state index in [1.165, 1.54) is 6.92 Å². The SMILES string of the molecule is CC(C)CNC(=O)C(C)S(=O)(=O)Cc1ccc(C(C)(C)C)cc1. The number of nitrogens with one attached hydrogen (secondary N) is 1. The minimum atomic E-state index is -3.52. The van der Waals surface area contributed by atoms with E-state index in [2.05, 4.69) is 26.1 Å². The van der Waals surface area contributed by atoms with Crippen LogP contribution >= 0.6 is 0 Å². The minimum absolute atomic E-state index is 0.0292. The van der Waals surface area contributed by atoms with Gasteiger partial charge in [-0.15, -0.1) is 0 Å². The molecule has 1 aromatic rings. The highest BCUT2D eigenvalue weighted by Crippen LogP contribution is 2.23. The summed E-state index contributed by atoms with van der Waals surface area (Å²) in [5.74, 6) is -0.253. The van der Waals surface area contributed by atoms with Crippen LogP contribution < -0.4 is 5.32 Å². The number of benzene rings is 1. The van der Waals surface area contributed by atoms with Crippen molar-refractivity contribution >= 4 is 15.7 Å². The van der Waals surface area contributed by atoms with Crippen LogP contribution in [0.5, 0.6) is 0 Å². The zero-order valence-corrected chi connectivity index (χ0v) is 15.8. The van der Waals surface area contributed by atoms with Gasteiger partial charge in [0.15, 0.2) is 9.84 Å². The van der Waals surface area contributed by atoms with Crippen molar-refractivity contribution in [3.63, 3.8) is 0 Å². The number of rotatable bonds is 6. The highest BCUT2D eigenvalue weighted by atomic mass is 32.2. The molecule has 1 amide bonds. The number of carbonyl (C=O) groups excluding carboxylic acids is 1. The number of amides is 1. The molecule has 0 heterocycles. The standard InChI is InChI=1S/C18H29NO3S/c1-13(2)11-19-17(20)14(3)23(21,22)12-15-7-9-16(10-8-15)18(4,5)6/h7-10,13-14H,11-12H2,1-6H3,(H,19,20). The molecule has 1 unspecified atom stereocenters. The zero-order chi connectivity index (χ0) is 17.8. The normalized spacial score (nSPS) is 13.9. The van der Waals surface area contributed by atoms with Gasteiger partial charge in [0.05, 0.1) is 5.75 Å². The van der Waals surface area contributed by atoms with Crippen molar-refractivity contribution in [2.75, 3.05) is 6.54 Å². The van der Waals surface area contributed by atoms with Gasteiger partial charge >= 0.3 is 0 Å². The van der Waals surface area contributed by atoms with Crippen LogP contribution in [0.15, 0.2) is 24.3 Å². The molecule has 0 aliphatic carbocycles. The molecule has 5 heteroatoms. The second-order valence-corrected chi connectivity index (χ2v) is 9.86. The van der Waals surface area contributed by atoms with Crippen LogP contribution in [0.1, 0.15) is 52.7 Å². The molecular formula is C18H29NO3S. The lowest BCUT2D eigenvalue weighted by atomic mass is 9.87. The van der Waals surface area contributed by atoms with Crippen molar-refractivity contribution in [2.45, 2.75) is 58.0 Å². The average molecular weight is 340 g/mol. The third-order valence-corrected chi connectivity index (χ3v) is 5.81. The van der Waals surface area contributed by atoms with Gasteiger partial charge in [-0.2, -0.15) is 0 Å². The summed E-state index contributed by atoms with van der Waals surface area (Å²) < 4.78 is 24.8. The fourth-order valence-electron chi connectivity index (χ4n) is 2.07. The van der Waals surface area contributed by atoms with Crippen molar-refractivity contribution in [3.8, 4) is 0 Å². The maximum atomic E-state index is 12.4. The van der Waals surface area contributed by atoms with Crippen molar-refractivity contribution in [3.05, 3.63) is 35.4 Å². The first-order valence-corrected chi connectivity index (χ1v) is 9.73. The third-order valence-electron chi connectivity index (χ3n) is 3.78. The van der Waals surface area contributed by atoms with E-state index in [4.69, 9.17) is 0 Å². The Balaban J connectivity index is 2.80. The lowest BCUT2D eigenvalue weighted by Gasteiger charge is -2.19. The summed E-state index contributed by atoms with van der Waals surface area (Å²) in [6, 6.07) is 7.57. The van der Waals surface area contributed by atoms with Gasteiger partial charge in [-0.3, -0.25) is 4.79 Å². The Morgan fingerprint density at radius 3 is 2.04 bits per heavy atom. The maximum Gasteiger partial charge on any atom is 0.238 e. The smallest absolute Gasteiger partial charge is 0.238 e. The van der Waals surface area contributed by atoms with Gasteiger partial charge in [0.1, 0.15) is 5.25 Å². The summed E-state index contributed by atoms with van der Waals surface area (Å²) in [5.41, 5.74) is 1.89. The minimum Gasteiger partial charge on any atom is -0.355 e. The van der Waals surface area contributed by atoms with Gasteiger partial charge in [-0.25, -0.2) is 8.42 Å². The molecule has 0 saturated heterocycles. The van der Waals surface area contributed by atoms with Gasteiger partial charge < -0.3 is 5.32 Å². The van der Waals surface area contributed by atoms with Crippen molar-refractivity contribution in [2.24, 2.45) is 5.92 Å². The molecule has 0 radical (unpaired) electrons. The lowest BCUT2D eigenvalue weighted by molar-refractivity contribution is -0.120. The number of hydrogen-bond acceptors (Lipinski definition) is 3. The predicted molar refractivity (Wildman–Crippen MR) is 95.1 cm³/mol. The predicted octanol–water partition coefficient (Wildman–Crippen LogP) is 3.06. The molecule has 130 valence electrons. The third kappa shape index (κ3) is 5.98. The molecule has 0 saturated carbocycles. The van der Waals surface area contributed by atoms with Crippen LogP contribution in [0.4, 0.5) is 0 Å². The molecule has 0 aliphatic rings. The fraction of sp³-hybridized carbons (Fsp3) is 0.611. The zero-order valence-electron chi connectivity index (χ0n) is 15.0. The second kappa shape index (κ2) is 7.47. The molecule has 1 N–H and O–H groups in total. The number of sulfone groups is 1. The summed E-state index contributed by atoms with van der Waals surface area (Å²) in [4.78, 5) is 12.0. The molecule has 0 fully saturated rings. The Labute approximate surface area is 140 Å². The summed E-state index contributed by atoms with van der Waals surface area (Å²) in [5, 5.41) is 1.65. The highest BCUT2D eigenvalue weighted by molar-refractivity contribution is 7.92. The monoisotopic (exact) mass is 339 g/mol. The van der Waals surface area contributed by atoms with Gasteiger partial charge in [0.25, 0.3) is 0 Å². The summed E-state index contributed by atoms with van der Waals surface area (Å²) in [7, 11) is -3.52. The molecule has 0 aromatic heterocycles. The number of hydrogen-bond donors (Lipinski definition) is 1. The maximum absolute atomic E-state index is 12.4. The van der Waals surface area contributed by atoms with E-state index in [0.29, 0.717) is 18.0 Å². The largest absolute Gasteiger partial charge is 0.355 e. The molecule has 0 spiro atoms. The first-order valence-electron chi connectivity index (χ1n) is 8.02.